The van der Waals surface area contributed by atoms with E-state index in [0.29, 0.717) is 6.07 Å². The van der Waals surface area contributed by atoms with Crippen molar-refractivity contribution in [3.05, 3.63) is 71.3 Å². The third-order valence-corrected chi connectivity index (χ3v) is 3.44. The number of nitriles is 1. The second-order valence-corrected chi connectivity index (χ2v) is 5.21. The van der Waals surface area contributed by atoms with Gasteiger partial charge in [0.05, 0.1) is 11.6 Å². The van der Waals surface area contributed by atoms with Gasteiger partial charge in [0.1, 0.15) is 0 Å². The minimum absolute atomic E-state index is 0.105. The number of alkyl halides is 3. The first kappa shape index (κ1) is 18.2. The van der Waals surface area contributed by atoms with Crippen LogP contribution < -0.4 is 5.32 Å². The maximum Gasteiger partial charge on any atom is 0.416 e. The molecule has 2 rings (SSSR count). The summed E-state index contributed by atoms with van der Waals surface area (Å²) in [5, 5.41) is 11.5. The average Bonchev–Trinajstić information content (AvgIpc) is 2.60. The molecule has 128 valence electrons. The third kappa shape index (κ3) is 4.67. The summed E-state index contributed by atoms with van der Waals surface area (Å²) in [7, 11) is 0. The molecule has 0 aliphatic heterocycles. The first-order valence-corrected chi connectivity index (χ1v) is 7.25. The molecule has 25 heavy (non-hydrogen) atoms. The van der Waals surface area contributed by atoms with Crippen LogP contribution in [-0.2, 0) is 17.5 Å². The maximum atomic E-state index is 12.7. The molecule has 7 heteroatoms. The van der Waals surface area contributed by atoms with Gasteiger partial charge in [-0.2, -0.15) is 18.4 Å². The fourth-order valence-electron chi connectivity index (χ4n) is 2.14. The van der Waals surface area contributed by atoms with Crippen molar-refractivity contribution >= 4 is 11.7 Å². The number of benzene rings is 2. The Hall–Kier alpha value is -3.14. The highest BCUT2D eigenvalue weighted by atomic mass is 19.4. The highest BCUT2D eigenvalue weighted by molar-refractivity contribution is 6.12. The summed E-state index contributed by atoms with van der Waals surface area (Å²) in [5.41, 5.74) is -0.588. The van der Waals surface area contributed by atoms with E-state index in [1.807, 2.05) is 0 Å². The molecule has 0 radical (unpaired) electrons. The zero-order valence-electron chi connectivity index (χ0n) is 12.9. The monoisotopic (exact) mass is 346 g/mol. The number of halogens is 3. The molecule has 1 atom stereocenters. The standard InChI is InChI=1S/C18H13F3N2O2/c19-18(20,21)14-8-4-7-13(9-14)16(24)15(10-22)17(25)23-11-12-5-2-1-3-6-12/h1-9,15H,11H2,(H,23,25). The molecule has 2 aromatic rings. The molecule has 1 amide bonds. The Balaban J connectivity index is 2.13. The summed E-state index contributed by atoms with van der Waals surface area (Å²) >= 11 is 0. The van der Waals surface area contributed by atoms with Gasteiger partial charge in [0, 0.05) is 12.1 Å². The molecule has 2 aromatic carbocycles. The average molecular weight is 346 g/mol. The number of nitrogens with zero attached hydrogens (tertiary/aromatic N) is 1. The molecule has 1 unspecified atom stereocenters. The predicted molar refractivity (Wildman–Crippen MR) is 83.2 cm³/mol. The van der Waals surface area contributed by atoms with Crippen molar-refractivity contribution in [3.8, 4) is 6.07 Å². The van der Waals surface area contributed by atoms with Crippen LogP contribution in [0.15, 0.2) is 54.6 Å². The van der Waals surface area contributed by atoms with Crippen LogP contribution >= 0.6 is 0 Å². The van der Waals surface area contributed by atoms with E-state index in [4.69, 9.17) is 5.26 Å². The molecule has 0 saturated carbocycles. The van der Waals surface area contributed by atoms with Gasteiger partial charge >= 0.3 is 6.18 Å². The summed E-state index contributed by atoms with van der Waals surface area (Å²) in [6, 6.07) is 14.0. The van der Waals surface area contributed by atoms with Crippen LogP contribution in [0.2, 0.25) is 0 Å². The first-order valence-electron chi connectivity index (χ1n) is 7.25. The van der Waals surface area contributed by atoms with Crippen LogP contribution in [-0.4, -0.2) is 11.7 Å². The van der Waals surface area contributed by atoms with Gasteiger partial charge in [0.2, 0.25) is 5.91 Å². The maximum absolute atomic E-state index is 12.7. The number of carbonyl (C=O) groups excluding carboxylic acids is 2. The molecular formula is C18H13F3N2O2. The zero-order chi connectivity index (χ0) is 18.4. The second kappa shape index (κ2) is 7.62. The van der Waals surface area contributed by atoms with Crippen LogP contribution in [0.1, 0.15) is 21.5 Å². The van der Waals surface area contributed by atoms with E-state index < -0.39 is 29.3 Å². The van der Waals surface area contributed by atoms with Gasteiger partial charge in [-0.1, -0.05) is 42.5 Å². The molecule has 0 aliphatic carbocycles. The molecule has 0 spiro atoms. The van der Waals surface area contributed by atoms with Crippen molar-refractivity contribution < 1.29 is 22.8 Å². The summed E-state index contributed by atoms with van der Waals surface area (Å²) in [5.74, 6) is -3.54. The highest BCUT2D eigenvalue weighted by Crippen LogP contribution is 2.30. The van der Waals surface area contributed by atoms with E-state index in [2.05, 4.69) is 5.32 Å². The molecule has 0 aromatic heterocycles. The van der Waals surface area contributed by atoms with Crippen LogP contribution in [0.5, 0.6) is 0 Å². The summed E-state index contributed by atoms with van der Waals surface area (Å²) in [6.45, 7) is 0.105. The van der Waals surface area contributed by atoms with Crippen LogP contribution in [0.25, 0.3) is 0 Å². The van der Waals surface area contributed by atoms with Gasteiger partial charge < -0.3 is 5.32 Å². The van der Waals surface area contributed by atoms with Gasteiger partial charge in [0.25, 0.3) is 0 Å². The number of hydrogen-bond acceptors (Lipinski definition) is 3. The van der Waals surface area contributed by atoms with Gasteiger partial charge in [-0.25, -0.2) is 0 Å². The van der Waals surface area contributed by atoms with Crippen LogP contribution in [0.3, 0.4) is 0 Å². The minimum Gasteiger partial charge on any atom is -0.350 e. The van der Waals surface area contributed by atoms with Gasteiger partial charge in [0.15, 0.2) is 11.7 Å². The van der Waals surface area contributed by atoms with E-state index in [9.17, 15) is 22.8 Å². The van der Waals surface area contributed by atoms with Gasteiger partial charge in [-0.05, 0) is 17.7 Å². The lowest BCUT2D eigenvalue weighted by atomic mass is 9.96. The molecule has 0 saturated heterocycles. The van der Waals surface area contributed by atoms with Crippen LogP contribution in [0, 0.1) is 17.2 Å². The molecule has 0 bridgehead atoms. The highest BCUT2D eigenvalue weighted by Gasteiger charge is 2.33. The van der Waals surface area contributed by atoms with Crippen molar-refractivity contribution in [2.75, 3.05) is 0 Å². The Labute approximate surface area is 141 Å². The van der Waals surface area contributed by atoms with E-state index in [-0.39, 0.29) is 12.1 Å². The van der Waals surface area contributed by atoms with Crippen LogP contribution in [0.4, 0.5) is 13.2 Å². The molecule has 1 N–H and O–H groups in total. The van der Waals surface area contributed by atoms with Crippen molar-refractivity contribution in [2.45, 2.75) is 12.7 Å². The number of carbonyl (C=O) groups is 2. The molecule has 0 aliphatic rings. The number of ketones is 1. The Kier molecular flexibility index (Phi) is 5.55. The molecular weight excluding hydrogens is 333 g/mol. The number of amides is 1. The summed E-state index contributed by atoms with van der Waals surface area (Å²) in [6.07, 6.45) is -4.62. The number of rotatable bonds is 5. The smallest absolute Gasteiger partial charge is 0.350 e. The Morgan fingerprint density at radius 2 is 1.76 bits per heavy atom. The Morgan fingerprint density at radius 3 is 2.36 bits per heavy atom. The third-order valence-electron chi connectivity index (χ3n) is 3.44. The lowest BCUT2D eigenvalue weighted by molar-refractivity contribution is -0.137. The number of Topliss-reactive ketones (excluding diaryl/α,β-unsaturated/α-hetero) is 1. The van der Waals surface area contributed by atoms with Gasteiger partial charge in [-0.3, -0.25) is 9.59 Å². The van der Waals surface area contributed by atoms with Crippen molar-refractivity contribution in [1.29, 1.82) is 5.26 Å². The predicted octanol–water partition coefficient (Wildman–Crippen LogP) is 3.34. The largest absolute Gasteiger partial charge is 0.416 e. The first-order chi connectivity index (χ1) is 11.8. The SMILES string of the molecule is N#CC(C(=O)NCc1ccccc1)C(=O)c1cccc(C(F)(F)F)c1. The summed E-state index contributed by atoms with van der Waals surface area (Å²) in [4.78, 5) is 24.3. The van der Waals surface area contributed by atoms with Gasteiger partial charge in [-0.15, -0.1) is 0 Å². The van der Waals surface area contributed by atoms with Crippen molar-refractivity contribution in [3.63, 3.8) is 0 Å². The molecule has 0 heterocycles. The quantitative estimate of drug-likeness (QED) is 0.667. The second-order valence-electron chi connectivity index (χ2n) is 5.21. The normalized spacial score (nSPS) is 12.1. The Morgan fingerprint density at radius 1 is 1.08 bits per heavy atom. The van der Waals surface area contributed by atoms with E-state index in [1.54, 1.807) is 36.4 Å². The van der Waals surface area contributed by atoms with E-state index in [0.717, 1.165) is 23.8 Å². The number of nitrogens with one attached hydrogen (secondary N) is 1. The van der Waals surface area contributed by atoms with E-state index >= 15 is 0 Å². The summed E-state index contributed by atoms with van der Waals surface area (Å²) < 4.78 is 38.2. The lowest BCUT2D eigenvalue weighted by Gasteiger charge is -2.11. The molecule has 4 nitrogen and oxygen atoms in total. The van der Waals surface area contributed by atoms with E-state index in [1.165, 1.54) is 0 Å². The Bertz CT molecular complexity index is 811. The molecule has 0 fully saturated rings. The topological polar surface area (TPSA) is 70.0 Å². The number of hydrogen-bond donors (Lipinski definition) is 1. The minimum atomic E-state index is -4.62. The van der Waals surface area contributed by atoms with Crippen molar-refractivity contribution in [1.82, 2.24) is 5.32 Å². The fraction of sp³-hybridized carbons (Fsp3) is 0.167. The lowest BCUT2D eigenvalue weighted by Crippen LogP contribution is -2.34. The van der Waals surface area contributed by atoms with Crippen molar-refractivity contribution in [2.24, 2.45) is 5.92 Å². The fourth-order valence-corrected chi connectivity index (χ4v) is 2.14. The zero-order valence-corrected chi connectivity index (χ0v) is 12.9.